The Bertz CT molecular complexity index is 286. The average Bonchev–Trinajstić information content (AvgIpc) is 2.29. The molecule has 0 saturated carbocycles. The summed E-state index contributed by atoms with van der Waals surface area (Å²) in [5.74, 6) is 0. The minimum absolute atomic E-state index is 0.373. The number of hydrogen-bond acceptors (Lipinski definition) is 2. The van der Waals surface area contributed by atoms with Crippen molar-refractivity contribution in [2.45, 2.75) is 26.3 Å². The van der Waals surface area contributed by atoms with Gasteiger partial charge in [0, 0.05) is 23.7 Å². The summed E-state index contributed by atoms with van der Waals surface area (Å²) < 4.78 is 6.54. The van der Waals surface area contributed by atoms with Gasteiger partial charge in [-0.1, -0.05) is 35.0 Å². The molecule has 1 aromatic carbocycles. The molecule has 1 atom stereocenters. The molecule has 0 heterocycles. The number of benzene rings is 1. The SMILES string of the molecule is CCCOCCN[C@@H](C)c1ccc(Br)cc1. The first kappa shape index (κ1) is 13.7. The van der Waals surface area contributed by atoms with Crippen LogP contribution < -0.4 is 5.32 Å². The Labute approximate surface area is 107 Å². The van der Waals surface area contributed by atoms with Crippen molar-refractivity contribution in [2.75, 3.05) is 19.8 Å². The molecule has 0 radical (unpaired) electrons. The lowest BCUT2D eigenvalue weighted by molar-refractivity contribution is 0.135. The van der Waals surface area contributed by atoms with Crippen LogP contribution in [0, 0.1) is 0 Å². The van der Waals surface area contributed by atoms with E-state index in [9.17, 15) is 0 Å². The molecule has 1 N–H and O–H groups in total. The standard InChI is InChI=1S/C13H20BrNO/c1-3-9-16-10-8-15-11(2)12-4-6-13(14)7-5-12/h4-7,11,15H,3,8-10H2,1-2H3/t11-/m0/s1. The third-order valence-electron chi connectivity index (χ3n) is 2.42. The fraction of sp³-hybridized carbons (Fsp3) is 0.538. The molecule has 0 aliphatic heterocycles. The summed E-state index contributed by atoms with van der Waals surface area (Å²) in [4.78, 5) is 0. The zero-order valence-corrected chi connectivity index (χ0v) is 11.6. The molecule has 0 amide bonds. The summed E-state index contributed by atoms with van der Waals surface area (Å²) >= 11 is 3.44. The van der Waals surface area contributed by atoms with Crippen LogP contribution in [0.15, 0.2) is 28.7 Å². The van der Waals surface area contributed by atoms with Gasteiger partial charge < -0.3 is 10.1 Å². The van der Waals surface area contributed by atoms with E-state index in [0.717, 1.165) is 30.7 Å². The van der Waals surface area contributed by atoms with Gasteiger partial charge in [-0.05, 0) is 31.0 Å². The molecule has 2 nitrogen and oxygen atoms in total. The van der Waals surface area contributed by atoms with Gasteiger partial charge in [0.25, 0.3) is 0 Å². The normalized spacial score (nSPS) is 12.7. The second kappa shape index (κ2) is 7.82. The molecule has 1 rings (SSSR count). The van der Waals surface area contributed by atoms with Crippen LogP contribution in [0.4, 0.5) is 0 Å². The van der Waals surface area contributed by atoms with Crippen LogP contribution in [-0.4, -0.2) is 19.8 Å². The van der Waals surface area contributed by atoms with Gasteiger partial charge in [0.05, 0.1) is 6.61 Å². The minimum Gasteiger partial charge on any atom is -0.380 e. The van der Waals surface area contributed by atoms with Gasteiger partial charge in [-0.15, -0.1) is 0 Å². The summed E-state index contributed by atoms with van der Waals surface area (Å²) in [7, 11) is 0. The maximum absolute atomic E-state index is 5.42. The molecular formula is C13H20BrNO. The third-order valence-corrected chi connectivity index (χ3v) is 2.94. The van der Waals surface area contributed by atoms with Crippen molar-refractivity contribution in [3.05, 3.63) is 34.3 Å². The van der Waals surface area contributed by atoms with Gasteiger partial charge in [-0.3, -0.25) is 0 Å². The van der Waals surface area contributed by atoms with E-state index in [0.29, 0.717) is 6.04 Å². The van der Waals surface area contributed by atoms with Crippen LogP contribution in [0.2, 0.25) is 0 Å². The Morgan fingerprint density at radius 1 is 1.25 bits per heavy atom. The van der Waals surface area contributed by atoms with Gasteiger partial charge in [-0.2, -0.15) is 0 Å². The minimum atomic E-state index is 0.373. The van der Waals surface area contributed by atoms with Crippen molar-refractivity contribution < 1.29 is 4.74 Å². The lowest BCUT2D eigenvalue weighted by Gasteiger charge is -2.14. The largest absolute Gasteiger partial charge is 0.380 e. The van der Waals surface area contributed by atoms with Crippen LogP contribution in [0.5, 0.6) is 0 Å². The van der Waals surface area contributed by atoms with E-state index in [2.05, 4.69) is 59.4 Å². The first-order valence-electron chi connectivity index (χ1n) is 5.80. The highest BCUT2D eigenvalue weighted by atomic mass is 79.9. The van der Waals surface area contributed by atoms with Crippen molar-refractivity contribution in [1.82, 2.24) is 5.32 Å². The summed E-state index contributed by atoms with van der Waals surface area (Å²) in [6, 6.07) is 8.78. The third kappa shape index (κ3) is 5.10. The second-order valence-electron chi connectivity index (χ2n) is 3.84. The number of halogens is 1. The quantitative estimate of drug-likeness (QED) is 0.774. The van der Waals surface area contributed by atoms with Crippen LogP contribution in [0.3, 0.4) is 0 Å². The monoisotopic (exact) mass is 285 g/mol. The van der Waals surface area contributed by atoms with Gasteiger partial charge in [0.2, 0.25) is 0 Å². The lowest BCUT2D eigenvalue weighted by atomic mass is 10.1. The first-order valence-corrected chi connectivity index (χ1v) is 6.60. The topological polar surface area (TPSA) is 21.3 Å². The van der Waals surface area contributed by atoms with Crippen molar-refractivity contribution in [2.24, 2.45) is 0 Å². The molecule has 0 aliphatic carbocycles. The molecule has 1 aromatic rings. The van der Waals surface area contributed by atoms with E-state index in [1.54, 1.807) is 0 Å². The highest BCUT2D eigenvalue weighted by Gasteiger charge is 2.03. The van der Waals surface area contributed by atoms with Gasteiger partial charge in [-0.25, -0.2) is 0 Å². The molecule has 0 unspecified atom stereocenters. The van der Waals surface area contributed by atoms with E-state index in [1.807, 2.05) is 0 Å². The summed E-state index contributed by atoms with van der Waals surface area (Å²) in [5, 5.41) is 3.44. The number of ether oxygens (including phenoxy) is 1. The van der Waals surface area contributed by atoms with Crippen LogP contribution in [0.25, 0.3) is 0 Å². The molecule has 0 fully saturated rings. The molecule has 0 bridgehead atoms. The fourth-order valence-corrected chi connectivity index (χ4v) is 1.73. The Kier molecular flexibility index (Phi) is 6.69. The van der Waals surface area contributed by atoms with Crippen molar-refractivity contribution in [3.8, 4) is 0 Å². The molecule has 0 aromatic heterocycles. The molecule has 3 heteroatoms. The molecule has 16 heavy (non-hydrogen) atoms. The van der Waals surface area contributed by atoms with Crippen LogP contribution in [0.1, 0.15) is 31.9 Å². The maximum Gasteiger partial charge on any atom is 0.0591 e. The second-order valence-corrected chi connectivity index (χ2v) is 4.76. The summed E-state index contributed by atoms with van der Waals surface area (Å²) in [6.07, 6.45) is 1.09. The van der Waals surface area contributed by atoms with E-state index < -0.39 is 0 Å². The number of rotatable bonds is 7. The summed E-state index contributed by atoms with van der Waals surface area (Å²) in [5.41, 5.74) is 1.30. The zero-order chi connectivity index (χ0) is 11.8. The van der Waals surface area contributed by atoms with Gasteiger partial charge in [0.15, 0.2) is 0 Å². The highest BCUT2D eigenvalue weighted by molar-refractivity contribution is 9.10. The van der Waals surface area contributed by atoms with E-state index >= 15 is 0 Å². The van der Waals surface area contributed by atoms with Crippen molar-refractivity contribution >= 4 is 15.9 Å². The predicted octanol–water partition coefficient (Wildman–Crippen LogP) is 3.53. The van der Waals surface area contributed by atoms with Gasteiger partial charge >= 0.3 is 0 Å². The number of nitrogens with one attached hydrogen (secondary N) is 1. The van der Waals surface area contributed by atoms with Crippen molar-refractivity contribution in [1.29, 1.82) is 0 Å². The highest BCUT2D eigenvalue weighted by Crippen LogP contribution is 2.16. The van der Waals surface area contributed by atoms with E-state index in [1.165, 1.54) is 5.56 Å². The Hall–Kier alpha value is -0.380. The average molecular weight is 286 g/mol. The van der Waals surface area contributed by atoms with Crippen LogP contribution in [-0.2, 0) is 4.74 Å². The maximum atomic E-state index is 5.42. The zero-order valence-electron chi connectivity index (χ0n) is 10.0. The summed E-state index contributed by atoms with van der Waals surface area (Å²) in [6.45, 7) is 6.83. The Morgan fingerprint density at radius 3 is 2.56 bits per heavy atom. The first-order chi connectivity index (χ1) is 7.74. The van der Waals surface area contributed by atoms with Gasteiger partial charge in [0.1, 0.15) is 0 Å². The lowest BCUT2D eigenvalue weighted by Crippen LogP contribution is -2.23. The molecule has 90 valence electrons. The van der Waals surface area contributed by atoms with E-state index in [4.69, 9.17) is 4.74 Å². The molecular weight excluding hydrogens is 266 g/mol. The van der Waals surface area contributed by atoms with Crippen LogP contribution >= 0.6 is 15.9 Å². The van der Waals surface area contributed by atoms with Crippen molar-refractivity contribution in [3.63, 3.8) is 0 Å². The smallest absolute Gasteiger partial charge is 0.0591 e. The Morgan fingerprint density at radius 2 is 1.94 bits per heavy atom. The number of hydrogen-bond donors (Lipinski definition) is 1. The fourth-order valence-electron chi connectivity index (χ4n) is 1.46. The molecule has 0 aliphatic rings. The van der Waals surface area contributed by atoms with E-state index in [-0.39, 0.29) is 0 Å². The molecule has 0 saturated heterocycles. The predicted molar refractivity (Wildman–Crippen MR) is 71.7 cm³/mol. The Balaban J connectivity index is 2.24. The molecule has 0 spiro atoms.